The Hall–Kier alpha value is -1.38. The molecule has 2 aromatic rings. The van der Waals surface area contributed by atoms with Crippen molar-refractivity contribution in [3.8, 4) is 0 Å². The Morgan fingerprint density at radius 3 is 2.40 bits per heavy atom. The standard InChI is InChI=1S/C17H19ClFN/c1-17(2,13-6-8-15(19)9-7-13)16(20)11-12-4-3-5-14(18)10-12/h3-10,16H,11,20H2,1-2H3. The van der Waals surface area contributed by atoms with Crippen molar-refractivity contribution in [1.29, 1.82) is 0 Å². The summed E-state index contributed by atoms with van der Waals surface area (Å²) in [5.74, 6) is -0.229. The Morgan fingerprint density at radius 1 is 1.15 bits per heavy atom. The van der Waals surface area contributed by atoms with Gasteiger partial charge in [-0.25, -0.2) is 4.39 Å². The van der Waals surface area contributed by atoms with Crippen LogP contribution < -0.4 is 5.73 Å². The van der Waals surface area contributed by atoms with Gasteiger partial charge < -0.3 is 5.73 Å². The van der Waals surface area contributed by atoms with E-state index in [-0.39, 0.29) is 17.3 Å². The van der Waals surface area contributed by atoms with Gasteiger partial charge in [0, 0.05) is 16.5 Å². The van der Waals surface area contributed by atoms with E-state index in [2.05, 4.69) is 13.8 Å². The van der Waals surface area contributed by atoms with Crippen LogP contribution in [0.15, 0.2) is 48.5 Å². The van der Waals surface area contributed by atoms with E-state index in [0.717, 1.165) is 17.5 Å². The van der Waals surface area contributed by atoms with E-state index >= 15 is 0 Å². The molecule has 0 heterocycles. The summed E-state index contributed by atoms with van der Waals surface area (Å²) in [6.07, 6.45) is 0.727. The molecule has 0 saturated carbocycles. The topological polar surface area (TPSA) is 26.0 Å². The Labute approximate surface area is 124 Å². The monoisotopic (exact) mass is 291 g/mol. The molecule has 2 aromatic carbocycles. The molecule has 0 aromatic heterocycles. The second-order valence-electron chi connectivity index (χ2n) is 5.67. The minimum Gasteiger partial charge on any atom is -0.327 e. The molecule has 0 aliphatic carbocycles. The van der Waals surface area contributed by atoms with Gasteiger partial charge in [0.1, 0.15) is 5.82 Å². The van der Waals surface area contributed by atoms with Crippen LogP contribution in [-0.4, -0.2) is 6.04 Å². The predicted octanol–water partition coefficient (Wildman–Crippen LogP) is 4.33. The fraction of sp³-hybridized carbons (Fsp3) is 0.294. The fourth-order valence-electron chi connectivity index (χ4n) is 2.27. The average molecular weight is 292 g/mol. The molecule has 0 aliphatic rings. The molecule has 3 heteroatoms. The molecule has 0 amide bonds. The number of benzene rings is 2. The third-order valence-corrected chi connectivity index (χ3v) is 4.09. The number of hydrogen-bond acceptors (Lipinski definition) is 1. The zero-order valence-corrected chi connectivity index (χ0v) is 12.5. The third-order valence-electron chi connectivity index (χ3n) is 3.86. The van der Waals surface area contributed by atoms with Gasteiger partial charge in [-0.3, -0.25) is 0 Å². The van der Waals surface area contributed by atoms with E-state index < -0.39 is 0 Å². The summed E-state index contributed by atoms with van der Waals surface area (Å²) in [5, 5.41) is 0.717. The van der Waals surface area contributed by atoms with Gasteiger partial charge in [0.2, 0.25) is 0 Å². The van der Waals surface area contributed by atoms with Crippen molar-refractivity contribution >= 4 is 11.6 Å². The second-order valence-corrected chi connectivity index (χ2v) is 6.11. The van der Waals surface area contributed by atoms with Gasteiger partial charge in [-0.05, 0) is 41.8 Å². The van der Waals surface area contributed by atoms with Crippen LogP contribution >= 0.6 is 11.6 Å². The summed E-state index contributed by atoms with van der Waals surface area (Å²) in [5.41, 5.74) is 8.27. The molecular weight excluding hydrogens is 273 g/mol. The van der Waals surface area contributed by atoms with E-state index in [4.69, 9.17) is 17.3 Å². The lowest BCUT2D eigenvalue weighted by atomic mass is 9.76. The lowest BCUT2D eigenvalue weighted by Gasteiger charge is -2.32. The maximum atomic E-state index is 13.0. The summed E-state index contributed by atoms with van der Waals surface area (Å²) in [6.45, 7) is 4.16. The molecule has 0 bridgehead atoms. The number of rotatable bonds is 4. The lowest BCUT2D eigenvalue weighted by molar-refractivity contribution is 0.406. The maximum Gasteiger partial charge on any atom is 0.123 e. The molecule has 0 aliphatic heterocycles. The molecule has 1 unspecified atom stereocenters. The minimum absolute atomic E-state index is 0.0774. The summed E-state index contributed by atoms with van der Waals surface area (Å²) in [6, 6.07) is 14.2. The zero-order valence-electron chi connectivity index (χ0n) is 11.7. The quantitative estimate of drug-likeness (QED) is 0.891. The molecule has 0 saturated heterocycles. The molecule has 0 radical (unpaired) electrons. The smallest absolute Gasteiger partial charge is 0.123 e. The maximum absolute atomic E-state index is 13.0. The molecule has 106 valence electrons. The summed E-state index contributed by atoms with van der Waals surface area (Å²) in [4.78, 5) is 0. The molecule has 1 atom stereocenters. The van der Waals surface area contributed by atoms with Crippen molar-refractivity contribution < 1.29 is 4.39 Å². The van der Waals surface area contributed by atoms with Crippen LogP contribution in [0.1, 0.15) is 25.0 Å². The molecule has 2 N–H and O–H groups in total. The Balaban J connectivity index is 2.18. The summed E-state index contributed by atoms with van der Waals surface area (Å²) in [7, 11) is 0. The van der Waals surface area contributed by atoms with Gasteiger partial charge in [-0.2, -0.15) is 0 Å². The van der Waals surface area contributed by atoms with Crippen molar-refractivity contribution in [2.45, 2.75) is 31.7 Å². The molecule has 2 rings (SSSR count). The van der Waals surface area contributed by atoms with Gasteiger partial charge in [0.05, 0.1) is 0 Å². The third kappa shape index (κ3) is 3.38. The van der Waals surface area contributed by atoms with Crippen LogP contribution in [0, 0.1) is 5.82 Å². The summed E-state index contributed by atoms with van der Waals surface area (Å²) < 4.78 is 13.0. The van der Waals surface area contributed by atoms with Gasteiger partial charge >= 0.3 is 0 Å². The van der Waals surface area contributed by atoms with Crippen LogP contribution in [0.5, 0.6) is 0 Å². The van der Waals surface area contributed by atoms with Gasteiger partial charge in [-0.15, -0.1) is 0 Å². The van der Waals surface area contributed by atoms with Crippen molar-refractivity contribution in [1.82, 2.24) is 0 Å². The normalized spacial score (nSPS) is 13.2. The second kappa shape index (κ2) is 5.94. The molecular formula is C17H19ClFN. The first kappa shape index (κ1) is 15.0. The predicted molar refractivity (Wildman–Crippen MR) is 82.6 cm³/mol. The first-order valence-corrected chi connectivity index (χ1v) is 7.03. The van der Waals surface area contributed by atoms with E-state index in [0.29, 0.717) is 5.02 Å². The van der Waals surface area contributed by atoms with Crippen molar-refractivity contribution in [3.05, 3.63) is 70.5 Å². The minimum atomic E-state index is -0.240. The van der Waals surface area contributed by atoms with Gasteiger partial charge in [0.15, 0.2) is 0 Å². The van der Waals surface area contributed by atoms with Gasteiger partial charge in [0.25, 0.3) is 0 Å². The summed E-state index contributed by atoms with van der Waals surface area (Å²) >= 11 is 5.99. The Bertz CT molecular complexity index is 578. The lowest BCUT2D eigenvalue weighted by Crippen LogP contribution is -2.42. The van der Waals surface area contributed by atoms with Crippen LogP contribution in [0.3, 0.4) is 0 Å². The highest BCUT2D eigenvalue weighted by Crippen LogP contribution is 2.28. The highest BCUT2D eigenvalue weighted by Gasteiger charge is 2.28. The highest BCUT2D eigenvalue weighted by molar-refractivity contribution is 6.30. The molecule has 0 spiro atoms. The van der Waals surface area contributed by atoms with Crippen molar-refractivity contribution in [2.24, 2.45) is 5.73 Å². The molecule has 0 fully saturated rings. The zero-order chi connectivity index (χ0) is 14.8. The number of nitrogens with two attached hydrogens (primary N) is 1. The highest BCUT2D eigenvalue weighted by atomic mass is 35.5. The Morgan fingerprint density at radius 2 is 1.80 bits per heavy atom. The van der Waals surface area contributed by atoms with Gasteiger partial charge in [-0.1, -0.05) is 49.7 Å². The van der Waals surface area contributed by atoms with Crippen LogP contribution in [-0.2, 0) is 11.8 Å². The average Bonchev–Trinajstić information content (AvgIpc) is 2.39. The van der Waals surface area contributed by atoms with Crippen LogP contribution in [0.4, 0.5) is 4.39 Å². The van der Waals surface area contributed by atoms with Crippen molar-refractivity contribution in [3.63, 3.8) is 0 Å². The van der Waals surface area contributed by atoms with Crippen molar-refractivity contribution in [2.75, 3.05) is 0 Å². The fourth-order valence-corrected chi connectivity index (χ4v) is 2.48. The van der Waals surface area contributed by atoms with E-state index in [9.17, 15) is 4.39 Å². The molecule has 20 heavy (non-hydrogen) atoms. The largest absolute Gasteiger partial charge is 0.327 e. The van der Waals surface area contributed by atoms with E-state index in [1.165, 1.54) is 12.1 Å². The first-order valence-electron chi connectivity index (χ1n) is 6.65. The number of halogens is 2. The van der Waals surface area contributed by atoms with E-state index in [1.54, 1.807) is 12.1 Å². The molecule has 1 nitrogen and oxygen atoms in total. The number of hydrogen-bond donors (Lipinski definition) is 1. The Kier molecular flexibility index (Phi) is 4.46. The van der Waals surface area contributed by atoms with E-state index in [1.807, 2.05) is 24.3 Å². The SMILES string of the molecule is CC(C)(c1ccc(F)cc1)C(N)Cc1cccc(Cl)c1. The van der Waals surface area contributed by atoms with Crippen LogP contribution in [0.25, 0.3) is 0 Å². The first-order chi connectivity index (χ1) is 9.39. The van der Waals surface area contributed by atoms with Crippen LogP contribution in [0.2, 0.25) is 5.02 Å².